The predicted molar refractivity (Wildman–Crippen MR) is 65.4 cm³/mol. The van der Waals surface area contributed by atoms with Crippen molar-refractivity contribution in [1.82, 2.24) is 15.0 Å². The highest BCUT2D eigenvalue weighted by Crippen LogP contribution is 2.32. The molecule has 0 aliphatic heterocycles. The Bertz CT molecular complexity index is 540. The fourth-order valence-corrected chi connectivity index (χ4v) is 2.24. The summed E-state index contributed by atoms with van der Waals surface area (Å²) in [4.78, 5) is 11.9. The number of aromatic nitrogens is 3. The van der Waals surface area contributed by atoms with Crippen LogP contribution in [0, 0.1) is 0 Å². The Morgan fingerprint density at radius 2 is 2.12 bits per heavy atom. The van der Waals surface area contributed by atoms with Gasteiger partial charge in [0.05, 0.1) is 6.04 Å². The van der Waals surface area contributed by atoms with Gasteiger partial charge in [0.2, 0.25) is 11.9 Å². The van der Waals surface area contributed by atoms with E-state index in [1.165, 1.54) is 17.5 Å². The van der Waals surface area contributed by atoms with Gasteiger partial charge in [-0.05, 0) is 24.0 Å². The van der Waals surface area contributed by atoms with Crippen molar-refractivity contribution in [3.05, 3.63) is 41.7 Å². The van der Waals surface area contributed by atoms with E-state index in [0.29, 0.717) is 5.95 Å². The zero-order valence-corrected chi connectivity index (χ0v) is 9.30. The minimum Gasteiger partial charge on any atom is -0.368 e. The maximum atomic E-state index is 5.53. The molecule has 3 rings (SSSR count). The normalized spacial score (nSPS) is 17.8. The number of rotatable bonds is 2. The summed E-state index contributed by atoms with van der Waals surface area (Å²) in [5, 5.41) is 3.30. The lowest BCUT2D eigenvalue weighted by Crippen LogP contribution is -2.11. The molecule has 0 saturated heterocycles. The van der Waals surface area contributed by atoms with Crippen molar-refractivity contribution in [3.63, 3.8) is 0 Å². The highest BCUT2D eigenvalue weighted by Gasteiger charge is 2.22. The van der Waals surface area contributed by atoms with E-state index in [0.717, 1.165) is 12.8 Å². The lowest BCUT2D eigenvalue weighted by atomic mass is 10.1. The molecule has 1 heterocycles. The molecule has 0 saturated carbocycles. The molecule has 1 aromatic carbocycles. The van der Waals surface area contributed by atoms with Crippen LogP contribution < -0.4 is 11.1 Å². The zero-order valence-electron chi connectivity index (χ0n) is 9.30. The van der Waals surface area contributed by atoms with Crippen molar-refractivity contribution in [2.75, 3.05) is 11.1 Å². The number of nitrogen functional groups attached to an aromatic ring is 1. The molecule has 5 heteroatoms. The van der Waals surface area contributed by atoms with Crippen LogP contribution in [0.25, 0.3) is 0 Å². The maximum absolute atomic E-state index is 5.53. The van der Waals surface area contributed by atoms with Crippen LogP contribution in [0.1, 0.15) is 23.6 Å². The first-order valence-corrected chi connectivity index (χ1v) is 5.62. The molecule has 1 aromatic heterocycles. The molecular formula is C12H13N5. The van der Waals surface area contributed by atoms with E-state index in [1.807, 2.05) is 0 Å². The third-order valence-corrected chi connectivity index (χ3v) is 3.03. The lowest BCUT2D eigenvalue weighted by molar-refractivity contribution is 0.749. The quantitative estimate of drug-likeness (QED) is 0.814. The van der Waals surface area contributed by atoms with Gasteiger partial charge in [0.15, 0.2) is 0 Å². The first kappa shape index (κ1) is 10.0. The van der Waals surface area contributed by atoms with Gasteiger partial charge in [-0.3, -0.25) is 0 Å². The number of anilines is 2. The average molecular weight is 227 g/mol. The Morgan fingerprint density at radius 1 is 1.24 bits per heavy atom. The molecule has 0 bridgehead atoms. The SMILES string of the molecule is Nc1ncnc(N[C@H]2CCc3ccccc32)n1. The molecule has 0 fully saturated rings. The van der Waals surface area contributed by atoms with Crippen molar-refractivity contribution in [3.8, 4) is 0 Å². The van der Waals surface area contributed by atoms with Crippen molar-refractivity contribution in [2.45, 2.75) is 18.9 Å². The van der Waals surface area contributed by atoms with Crippen molar-refractivity contribution in [2.24, 2.45) is 0 Å². The number of nitrogens with two attached hydrogens (primary N) is 1. The van der Waals surface area contributed by atoms with E-state index in [2.05, 4.69) is 44.5 Å². The van der Waals surface area contributed by atoms with E-state index in [1.54, 1.807) is 0 Å². The molecule has 1 atom stereocenters. The fourth-order valence-electron chi connectivity index (χ4n) is 2.24. The number of aryl methyl sites for hydroxylation is 1. The highest BCUT2D eigenvalue weighted by atomic mass is 15.2. The summed E-state index contributed by atoms with van der Waals surface area (Å²) >= 11 is 0. The molecule has 1 aliphatic carbocycles. The number of benzene rings is 1. The minimum atomic E-state index is 0.244. The molecule has 5 nitrogen and oxygen atoms in total. The molecular weight excluding hydrogens is 214 g/mol. The third kappa shape index (κ3) is 1.91. The predicted octanol–water partition coefficient (Wildman–Crippen LogP) is 1.55. The topological polar surface area (TPSA) is 76.7 Å². The Balaban J connectivity index is 1.84. The standard InChI is InChI=1S/C12H13N5/c13-11-14-7-15-12(17-11)16-10-6-5-8-3-1-2-4-9(8)10/h1-4,7,10H,5-6H2,(H3,13,14,15,16,17)/t10-/m0/s1. The van der Waals surface area contributed by atoms with E-state index in [-0.39, 0.29) is 12.0 Å². The first-order chi connectivity index (χ1) is 8.33. The Kier molecular flexibility index (Phi) is 2.36. The van der Waals surface area contributed by atoms with Crippen LogP contribution in [0.15, 0.2) is 30.6 Å². The minimum absolute atomic E-state index is 0.244. The smallest absolute Gasteiger partial charge is 0.227 e. The van der Waals surface area contributed by atoms with Crippen LogP contribution in [-0.2, 0) is 6.42 Å². The van der Waals surface area contributed by atoms with Gasteiger partial charge in [-0.25, -0.2) is 9.97 Å². The molecule has 86 valence electrons. The van der Waals surface area contributed by atoms with Gasteiger partial charge < -0.3 is 11.1 Å². The Hall–Kier alpha value is -2.17. The molecule has 1 aliphatic rings. The van der Waals surface area contributed by atoms with Crippen LogP contribution in [0.4, 0.5) is 11.9 Å². The van der Waals surface area contributed by atoms with E-state index in [9.17, 15) is 0 Å². The number of hydrogen-bond donors (Lipinski definition) is 2. The van der Waals surface area contributed by atoms with Crippen molar-refractivity contribution < 1.29 is 0 Å². The van der Waals surface area contributed by atoms with Crippen LogP contribution in [0.3, 0.4) is 0 Å². The van der Waals surface area contributed by atoms with Gasteiger partial charge in [-0.1, -0.05) is 24.3 Å². The van der Waals surface area contributed by atoms with Gasteiger partial charge in [0.25, 0.3) is 0 Å². The monoisotopic (exact) mass is 227 g/mol. The van der Waals surface area contributed by atoms with Crippen LogP contribution in [-0.4, -0.2) is 15.0 Å². The summed E-state index contributed by atoms with van der Waals surface area (Å²) in [5.41, 5.74) is 8.25. The summed E-state index contributed by atoms with van der Waals surface area (Å²) in [6.45, 7) is 0. The van der Waals surface area contributed by atoms with Gasteiger partial charge >= 0.3 is 0 Å². The molecule has 0 radical (unpaired) electrons. The lowest BCUT2D eigenvalue weighted by Gasteiger charge is -2.13. The maximum Gasteiger partial charge on any atom is 0.227 e. The summed E-state index contributed by atoms with van der Waals surface area (Å²) in [7, 11) is 0. The molecule has 3 N–H and O–H groups in total. The highest BCUT2D eigenvalue weighted by molar-refractivity contribution is 5.41. The summed E-state index contributed by atoms with van der Waals surface area (Å²) < 4.78 is 0. The third-order valence-electron chi connectivity index (χ3n) is 3.03. The summed E-state index contributed by atoms with van der Waals surface area (Å²) in [6.07, 6.45) is 3.57. The molecule has 17 heavy (non-hydrogen) atoms. The number of hydrogen-bond acceptors (Lipinski definition) is 5. The second kappa shape index (κ2) is 4.01. The zero-order chi connectivity index (χ0) is 11.7. The number of nitrogens with zero attached hydrogens (tertiary/aromatic N) is 3. The number of nitrogens with one attached hydrogen (secondary N) is 1. The molecule has 0 spiro atoms. The molecule has 2 aromatic rings. The van der Waals surface area contributed by atoms with E-state index >= 15 is 0 Å². The van der Waals surface area contributed by atoms with E-state index < -0.39 is 0 Å². The second-order valence-corrected chi connectivity index (χ2v) is 4.10. The van der Waals surface area contributed by atoms with Crippen LogP contribution >= 0.6 is 0 Å². The van der Waals surface area contributed by atoms with Gasteiger partial charge in [0.1, 0.15) is 6.33 Å². The Labute approximate surface area is 99.1 Å². The fraction of sp³-hybridized carbons (Fsp3) is 0.250. The van der Waals surface area contributed by atoms with E-state index in [4.69, 9.17) is 5.73 Å². The summed E-state index contributed by atoms with van der Waals surface area (Å²) in [6, 6.07) is 8.71. The average Bonchev–Trinajstić information content (AvgIpc) is 2.73. The second-order valence-electron chi connectivity index (χ2n) is 4.10. The van der Waals surface area contributed by atoms with Gasteiger partial charge in [-0.2, -0.15) is 4.98 Å². The largest absolute Gasteiger partial charge is 0.368 e. The van der Waals surface area contributed by atoms with Crippen LogP contribution in [0.5, 0.6) is 0 Å². The van der Waals surface area contributed by atoms with Gasteiger partial charge in [0, 0.05) is 0 Å². The first-order valence-electron chi connectivity index (χ1n) is 5.62. The number of fused-ring (bicyclic) bond motifs is 1. The van der Waals surface area contributed by atoms with Crippen molar-refractivity contribution >= 4 is 11.9 Å². The Morgan fingerprint density at radius 3 is 3.00 bits per heavy atom. The van der Waals surface area contributed by atoms with Crippen LogP contribution in [0.2, 0.25) is 0 Å². The molecule has 0 unspecified atom stereocenters. The molecule has 0 amide bonds. The van der Waals surface area contributed by atoms with Gasteiger partial charge in [-0.15, -0.1) is 0 Å². The van der Waals surface area contributed by atoms with Crippen molar-refractivity contribution in [1.29, 1.82) is 0 Å². The summed E-state index contributed by atoms with van der Waals surface area (Å²) in [5.74, 6) is 0.785.